The van der Waals surface area contributed by atoms with E-state index in [4.69, 9.17) is 23.4 Å². The molecule has 1 heterocycles. The minimum absolute atomic E-state index is 0.126. The van der Waals surface area contributed by atoms with Crippen LogP contribution in [0.1, 0.15) is 39.2 Å². The van der Waals surface area contributed by atoms with Gasteiger partial charge in [-0.15, -0.1) is 0 Å². The standard InChI is InChI=1S/C28H24BrNO8/c1-15(16-8-6-5-7-9-16)30-26(31)20-12-17-10-11-18(13-21(17)38-28(20)33)37-27(32)19-14-22(34-2)24(35-3)25(36-4)23(19)29/h5-15H,1-4H3,(H,30,31). The van der Waals surface area contributed by atoms with Gasteiger partial charge < -0.3 is 28.7 Å². The fourth-order valence-corrected chi connectivity index (χ4v) is 4.46. The smallest absolute Gasteiger partial charge is 0.349 e. The first-order valence-electron chi connectivity index (χ1n) is 11.4. The maximum Gasteiger partial charge on any atom is 0.349 e. The molecular formula is C28H24BrNO8. The zero-order valence-corrected chi connectivity index (χ0v) is 22.6. The summed E-state index contributed by atoms with van der Waals surface area (Å²) in [5, 5.41) is 3.29. The van der Waals surface area contributed by atoms with E-state index in [-0.39, 0.29) is 40.0 Å². The number of methoxy groups -OCH3 is 3. The molecule has 1 amide bonds. The highest BCUT2D eigenvalue weighted by molar-refractivity contribution is 9.10. The molecule has 0 aliphatic heterocycles. The lowest BCUT2D eigenvalue weighted by Gasteiger charge is -2.16. The van der Waals surface area contributed by atoms with Gasteiger partial charge in [-0.1, -0.05) is 30.3 Å². The highest BCUT2D eigenvalue weighted by Crippen LogP contribution is 2.45. The van der Waals surface area contributed by atoms with Crippen molar-refractivity contribution in [2.75, 3.05) is 21.3 Å². The van der Waals surface area contributed by atoms with Crippen LogP contribution in [-0.4, -0.2) is 33.2 Å². The molecule has 1 atom stereocenters. The first-order chi connectivity index (χ1) is 18.3. The van der Waals surface area contributed by atoms with E-state index in [1.807, 2.05) is 37.3 Å². The van der Waals surface area contributed by atoms with E-state index < -0.39 is 17.5 Å². The quantitative estimate of drug-likeness (QED) is 0.169. The normalized spacial score (nSPS) is 11.5. The molecule has 1 unspecified atom stereocenters. The van der Waals surface area contributed by atoms with Crippen molar-refractivity contribution < 1.29 is 33.0 Å². The summed E-state index contributed by atoms with van der Waals surface area (Å²) in [4.78, 5) is 38.4. The predicted octanol–water partition coefficient (Wildman–Crippen LogP) is 5.29. The number of hydrogen-bond donors (Lipinski definition) is 1. The number of carbonyl (C=O) groups is 2. The fraction of sp³-hybridized carbons (Fsp3) is 0.179. The summed E-state index contributed by atoms with van der Waals surface area (Å²) >= 11 is 3.35. The van der Waals surface area contributed by atoms with Gasteiger partial charge in [0, 0.05) is 11.5 Å². The monoisotopic (exact) mass is 581 g/mol. The van der Waals surface area contributed by atoms with Gasteiger partial charge in [-0.3, -0.25) is 4.79 Å². The van der Waals surface area contributed by atoms with Gasteiger partial charge in [-0.05, 0) is 52.7 Å². The van der Waals surface area contributed by atoms with Crippen LogP contribution in [0.5, 0.6) is 23.0 Å². The molecular weight excluding hydrogens is 558 g/mol. The number of hydrogen-bond acceptors (Lipinski definition) is 8. The Morgan fingerprint density at radius 1 is 0.895 bits per heavy atom. The van der Waals surface area contributed by atoms with E-state index in [2.05, 4.69) is 21.2 Å². The SMILES string of the molecule is COc1cc(C(=O)Oc2ccc3cc(C(=O)NC(C)c4ccccc4)c(=O)oc3c2)c(Br)c(OC)c1OC. The lowest BCUT2D eigenvalue weighted by molar-refractivity contribution is 0.0732. The van der Waals surface area contributed by atoms with Crippen LogP contribution >= 0.6 is 15.9 Å². The summed E-state index contributed by atoms with van der Waals surface area (Å²) < 4.78 is 27.2. The second-order valence-corrected chi connectivity index (χ2v) is 8.94. The highest BCUT2D eigenvalue weighted by Gasteiger charge is 2.24. The molecule has 4 rings (SSSR count). The zero-order valence-electron chi connectivity index (χ0n) is 21.0. The molecule has 3 aromatic carbocycles. The van der Waals surface area contributed by atoms with Crippen molar-refractivity contribution in [3.05, 3.63) is 92.2 Å². The van der Waals surface area contributed by atoms with E-state index in [9.17, 15) is 14.4 Å². The average Bonchev–Trinajstić information content (AvgIpc) is 2.92. The van der Waals surface area contributed by atoms with E-state index in [0.29, 0.717) is 15.6 Å². The van der Waals surface area contributed by atoms with E-state index >= 15 is 0 Å². The molecule has 10 heteroatoms. The number of carbonyl (C=O) groups excluding carboxylic acids is 2. The number of fused-ring (bicyclic) bond motifs is 1. The Morgan fingerprint density at radius 3 is 2.26 bits per heavy atom. The van der Waals surface area contributed by atoms with Gasteiger partial charge in [0.25, 0.3) is 5.91 Å². The number of esters is 1. The molecule has 0 bridgehead atoms. The molecule has 1 aromatic heterocycles. The Morgan fingerprint density at radius 2 is 1.61 bits per heavy atom. The van der Waals surface area contributed by atoms with E-state index in [0.717, 1.165) is 5.56 Å². The Hall–Kier alpha value is -4.31. The first kappa shape index (κ1) is 26.7. The van der Waals surface area contributed by atoms with Crippen LogP contribution in [0, 0.1) is 0 Å². The van der Waals surface area contributed by atoms with Crippen molar-refractivity contribution in [2.45, 2.75) is 13.0 Å². The van der Waals surface area contributed by atoms with Gasteiger partial charge in [0.15, 0.2) is 11.5 Å². The summed E-state index contributed by atoms with van der Waals surface area (Å²) in [7, 11) is 4.31. The molecule has 9 nitrogen and oxygen atoms in total. The molecule has 0 aliphatic carbocycles. The van der Waals surface area contributed by atoms with Gasteiger partial charge in [0.2, 0.25) is 5.75 Å². The van der Waals surface area contributed by atoms with Crippen molar-refractivity contribution in [2.24, 2.45) is 0 Å². The number of ether oxygens (including phenoxy) is 4. The minimum Gasteiger partial charge on any atom is -0.493 e. The maximum absolute atomic E-state index is 13.0. The van der Waals surface area contributed by atoms with Crippen LogP contribution in [0.15, 0.2) is 74.3 Å². The van der Waals surface area contributed by atoms with Crippen molar-refractivity contribution in [3.8, 4) is 23.0 Å². The maximum atomic E-state index is 13.0. The van der Waals surface area contributed by atoms with Gasteiger partial charge in [0.05, 0.1) is 37.4 Å². The van der Waals surface area contributed by atoms with Crippen LogP contribution in [-0.2, 0) is 0 Å². The minimum atomic E-state index is -0.814. The van der Waals surface area contributed by atoms with E-state index in [1.165, 1.54) is 45.6 Å². The van der Waals surface area contributed by atoms with Gasteiger partial charge in [-0.2, -0.15) is 0 Å². The summed E-state index contributed by atoms with van der Waals surface area (Å²) in [5.41, 5.74) is 0.228. The molecule has 0 spiro atoms. The lowest BCUT2D eigenvalue weighted by atomic mass is 10.1. The van der Waals surface area contributed by atoms with Crippen LogP contribution in [0.3, 0.4) is 0 Å². The van der Waals surface area contributed by atoms with Crippen LogP contribution in [0.2, 0.25) is 0 Å². The predicted molar refractivity (Wildman–Crippen MR) is 144 cm³/mol. The van der Waals surface area contributed by atoms with Gasteiger partial charge >= 0.3 is 11.6 Å². The average molecular weight is 582 g/mol. The van der Waals surface area contributed by atoms with E-state index in [1.54, 1.807) is 6.07 Å². The van der Waals surface area contributed by atoms with Crippen molar-refractivity contribution in [1.29, 1.82) is 0 Å². The third kappa shape index (κ3) is 5.35. The summed E-state index contributed by atoms with van der Waals surface area (Å²) in [6.45, 7) is 1.82. The van der Waals surface area contributed by atoms with Crippen molar-refractivity contribution in [3.63, 3.8) is 0 Å². The van der Waals surface area contributed by atoms with Crippen LogP contribution in [0.25, 0.3) is 11.0 Å². The Bertz CT molecular complexity index is 1570. The molecule has 0 saturated carbocycles. The molecule has 0 radical (unpaired) electrons. The topological polar surface area (TPSA) is 113 Å². The summed E-state index contributed by atoms with van der Waals surface area (Å²) in [5.74, 6) is -0.305. The molecule has 0 fully saturated rings. The number of nitrogens with one attached hydrogen (secondary N) is 1. The number of rotatable bonds is 8. The van der Waals surface area contributed by atoms with Crippen molar-refractivity contribution in [1.82, 2.24) is 5.32 Å². The largest absolute Gasteiger partial charge is 0.493 e. The molecule has 1 N–H and O–H groups in total. The third-order valence-electron chi connectivity index (χ3n) is 5.80. The molecule has 0 saturated heterocycles. The zero-order chi connectivity index (χ0) is 27.4. The number of benzene rings is 3. The highest BCUT2D eigenvalue weighted by atomic mass is 79.9. The van der Waals surface area contributed by atoms with Crippen molar-refractivity contribution >= 4 is 38.8 Å². The summed E-state index contributed by atoms with van der Waals surface area (Å²) in [6.07, 6.45) is 0. The molecule has 196 valence electrons. The van der Waals surface area contributed by atoms with Crippen LogP contribution in [0.4, 0.5) is 0 Å². The Labute approximate surface area is 226 Å². The van der Waals surface area contributed by atoms with Crippen LogP contribution < -0.4 is 29.9 Å². The second kappa shape index (κ2) is 11.4. The lowest BCUT2D eigenvalue weighted by Crippen LogP contribution is -2.30. The number of halogens is 1. The van der Waals surface area contributed by atoms with Gasteiger partial charge in [-0.25, -0.2) is 9.59 Å². The fourth-order valence-electron chi connectivity index (χ4n) is 3.84. The molecule has 0 aliphatic rings. The Balaban J connectivity index is 1.58. The third-order valence-corrected chi connectivity index (χ3v) is 6.59. The summed E-state index contributed by atoms with van der Waals surface area (Å²) in [6, 6.07) is 16.5. The van der Waals surface area contributed by atoms with Gasteiger partial charge in [0.1, 0.15) is 16.9 Å². The number of amides is 1. The second-order valence-electron chi connectivity index (χ2n) is 8.15. The molecule has 38 heavy (non-hydrogen) atoms. The Kier molecular flexibility index (Phi) is 8.02. The molecule has 4 aromatic rings. The first-order valence-corrected chi connectivity index (χ1v) is 12.2.